The Kier molecular flexibility index (Phi) is 3.97. The summed E-state index contributed by atoms with van der Waals surface area (Å²) in [4.78, 5) is 13.4. The van der Waals surface area contributed by atoms with E-state index in [4.69, 9.17) is 9.47 Å². The van der Waals surface area contributed by atoms with Gasteiger partial charge in [-0.15, -0.1) is 0 Å². The van der Waals surface area contributed by atoms with Gasteiger partial charge in [0.25, 0.3) is 0 Å². The lowest BCUT2D eigenvalue weighted by molar-refractivity contribution is 0.00699. The summed E-state index contributed by atoms with van der Waals surface area (Å²) >= 11 is 0. The molecule has 0 aromatic rings. The molecule has 0 aromatic carbocycles. The quantitative estimate of drug-likeness (QED) is 0.671. The number of carbonyl (C=O) groups excluding carboxylic acids is 1. The molecule has 1 aliphatic rings. The van der Waals surface area contributed by atoms with Crippen LogP contribution in [0, 0.1) is 7.11 Å². The van der Waals surface area contributed by atoms with Gasteiger partial charge in [0, 0.05) is 13.1 Å². The van der Waals surface area contributed by atoms with Gasteiger partial charge in [-0.05, 0) is 33.6 Å². The van der Waals surface area contributed by atoms with Crippen LogP contribution in [0.2, 0.25) is 0 Å². The van der Waals surface area contributed by atoms with Crippen molar-refractivity contribution >= 4 is 6.09 Å². The van der Waals surface area contributed by atoms with Crippen molar-refractivity contribution in [2.24, 2.45) is 0 Å². The van der Waals surface area contributed by atoms with E-state index in [-0.39, 0.29) is 12.2 Å². The molecule has 1 saturated heterocycles. The summed E-state index contributed by atoms with van der Waals surface area (Å²) < 4.78 is 10.3. The molecule has 0 N–H and O–H groups in total. The molecular weight excluding hydrogens is 194 g/mol. The number of hydrogen-bond acceptors (Lipinski definition) is 3. The second kappa shape index (κ2) is 4.84. The second-order valence-electron chi connectivity index (χ2n) is 4.83. The summed E-state index contributed by atoms with van der Waals surface area (Å²) in [5.74, 6) is 0. The number of piperidine rings is 1. The minimum Gasteiger partial charge on any atom is -0.444 e. The van der Waals surface area contributed by atoms with Crippen LogP contribution in [-0.2, 0) is 9.47 Å². The third-order valence-electron chi connectivity index (χ3n) is 2.33. The molecule has 4 heteroatoms. The average molecular weight is 214 g/mol. The maximum absolute atomic E-state index is 11.7. The lowest BCUT2D eigenvalue weighted by atomic mass is 10.1. The van der Waals surface area contributed by atoms with Crippen molar-refractivity contribution in [3.05, 3.63) is 7.11 Å². The highest BCUT2D eigenvalue weighted by atomic mass is 16.6. The Morgan fingerprint density at radius 1 is 1.33 bits per heavy atom. The Morgan fingerprint density at radius 3 is 2.27 bits per heavy atom. The molecule has 1 radical (unpaired) electrons. The normalized spacial score (nSPS) is 19.1. The van der Waals surface area contributed by atoms with Gasteiger partial charge in [0.1, 0.15) is 5.60 Å². The van der Waals surface area contributed by atoms with E-state index in [0.29, 0.717) is 13.1 Å². The predicted molar refractivity (Wildman–Crippen MR) is 57.3 cm³/mol. The van der Waals surface area contributed by atoms with Crippen LogP contribution in [0.25, 0.3) is 0 Å². The Balaban J connectivity index is 2.37. The Hall–Kier alpha value is -0.770. The highest BCUT2D eigenvalue weighted by molar-refractivity contribution is 5.68. The van der Waals surface area contributed by atoms with Gasteiger partial charge in [0.05, 0.1) is 13.2 Å². The summed E-state index contributed by atoms with van der Waals surface area (Å²) in [6, 6.07) is 0. The maximum atomic E-state index is 11.7. The molecule has 1 heterocycles. The predicted octanol–water partition coefficient (Wildman–Crippen LogP) is 2.19. The van der Waals surface area contributed by atoms with E-state index in [1.54, 1.807) is 4.90 Å². The third-order valence-corrected chi connectivity index (χ3v) is 2.33. The summed E-state index contributed by atoms with van der Waals surface area (Å²) in [5, 5.41) is 0. The molecule has 0 atom stereocenters. The van der Waals surface area contributed by atoms with Crippen LogP contribution >= 0.6 is 0 Å². The minimum absolute atomic E-state index is 0.184. The zero-order valence-electron chi connectivity index (χ0n) is 9.78. The highest BCUT2D eigenvalue weighted by Gasteiger charge is 2.26. The zero-order chi connectivity index (χ0) is 11.5. The second-order valence-corrected chi connectivity index (χ2v) is 4.83. The average Bonchev–Trinajstić information content (AvgIpc) is 2.15. The first-order valence-electron chi connectivity index (χ1n) is 5.31. The van der Waals surface area contributed by atoms with Crippen LogP contribution in [0.5, 0.6) is 0 Å². The Labute approximate surface area is 91.5 Å². The number of carbonyl (C=O) groups is 1. The minimum atomic E-state index is -0.420. The van der Waals surface area contributed by atoms with Crippen LogP contribution in [-0.4, -0.2) is 35.8 Å². The van der Waals surface area contributed by atoms with E-state index in [2.05, 4.69) is 7.11 Å². The molecule has 0 aromatic heterocycles. The SMILES string of the molecule is [CH2]OC1CCN(C(=O)OC(C)(C)C)CC1. The number of nitrogens with zero attached hydrogens (tertiary/aromatic N) is 1. The molecule has 0 spiro atoms. The van der Waals surface area contributed by atoms with Gasteiger partial charge in [-0.3, -0.25) is 0 Å². The largest absolute Gasteiger partial charge is 0.444 e. The van der Waals surface area contributed by atoms with Crippen molar-refractivity contribution in [3.8, 4) is 0 Å². The monoisotopic (exact) mass is 214 g/mol. The number of rotatable bonds is 1. The van der Waals surface area contributed by atoms with Crippen molar-refractivity contribution in [2.75, 3.05) is 13.1 Å². The number of likely N-dealkylation sites (tertiary alicyclic amines) is 1. The number of ether oxygens (including phenoxy) is 2. The van der Waals surface area contributed by atoms with Gasteiger partial charge < -0.3 is 14.4 Å². The van der Waals surface area contributed by atoms with Crippen molar-refractivity contribution in [2.45, 2.75) is 45.3 Å². The van der Waals surface area contributed by atoms with Crippen LogP contribution < -0.4 is 0 Å². The van der Waals surface area contributed by atoms with E-state index < -0.39 is 5.60 Å². The topological polar surface area (TPSA) is 38.8 Å². The van der Waals surface area contributed by atoms with Crippen LogP contribution in [0.4, 0.5) is 4.79 Å². The van der Waals surface area contributed by atoms with Gasteiger partial charge in [0.2, 0.25) is 0 Å². The first kappa shape index (κ1) is 12.3. The van der Waals surface area contributed by atoms with E-state index in [1.807, 2.05) is 20.8 Å². The van der Waals surface area contributed by atoms with E-state index in [0.717, 1.165) is 12.8 Å². The molecule has 4 nitrogen and oxygen atoms in total. The zero-order valence-corrected chi connectivity index (χ0v) is 9.78. The van der Waals surface area contributed by atoms with Gasteiger partial charge in [-0.25, -0.2) is 4.79 Å². The fourth-order valence-corrected chi connectivity index (χ4v) is 1.53. The number of amides is 1. The molecule has 1 rings (SSSR count). The van der Waals surface area contributed by atoms with E-state index in [1.165, 1.54) is 0 Å². The molecule has 15 heavy (non-hydrogen) atoms. The molecule has 0 saturated carbocycles. The summed E-state index contributed by atoms with van der Waals surface area (Å²) in [6.45, 7) is 6.99. The highest BCUT2D eigenvalue weighted by Crippen LogP contribution is 2.16. The molecule has 1 fully saturated rings. The van der Waals surface area contributed by atoms with Crippen LogP contribution in [0.3, 0.4) is 0 Å². The molecule has 0 bridgehead atoms. The smallest absolute Gasteiger partial charge is 0.410 e. The van der Waals surface area contributed by atoms with Crippen molar-refractivity contribution in [1.29, 1.82) is 0 Å². The van der Waals surface area contributed by atoms with Gasteiger partial charge in [0.15, 0.2) is 0 Å². The fraction of sp³-hybridized carbons (Fsp3) is 0.818. The standard InChI is InChI=1S/C11H20NO3/c1-11(2,3)15-10(13)12-7-5-9(14-4)6-8-12/h9H,4-8H2,1-3H3. The molecule has 0 unspecified atom stereocenters. The first-order chi connectivity index (χ1) is 6.92. The van der Waals surface area contributed by atoms with Crippen molar-refractivity contribution in [3.63, 3.8) is 0 Å². The van der Waals surface area contributed by atoms with E-state index >= 15 is 0 Å². The lowest BCUT2D eigenvalue weighted by Crippen LogP contribution is -2.43. The Bertz CT molecular complexity index is 214. The van der Waals surface area contributed by atoms with Crippen molar-refractivity contribution < 1.29 is 14.3 Å². The summed E-state index contributed by atoms with van der Waals surface area (Å²) in [5.41, 5.74) is -0.420. The van der Waals surface area contributed by atoms with Gasteiger partial charge in [-0.1, -0.05) is 0 Å². The lowest BCUT2D eigenvalue weighted by Gasteiger charge is -2.32. The number of hydrogen-bond donors (Lipinski definition) is 0. The van der Waals surface area contributed by atoms with Crippen molar-refractivity contribution in [1.82, 2.24) is 4.90 Å². The summed E-state index contributed by atoms with van der Waals surface area (Å²) in [7, 11) is 3.40. The Morgan fingerprint density at radius 2 is 1.87 bits per heavy atom. The molecule has 1 amide bonds. The first-order valence-corrected chi connectivity index (χ1v) is 5.31. The molecule has 87 valence electrons. The maximum Gasteiger partial charge on any atom is 0.410 e. The molecular formula is C11H20NO3. The fourth-order valence-electron chi connectivity index (χ4n) is 1.53. The molecule has 1 aliphatic heterocycles. The van der Waals surface area contributed by atoms with E-state index in [9.17, 15) is 4.79 Å². The van der Waals surface area contributed by atoms with Gasteiger partial charge in [-0.2, -0.15) is 0 Å². The molecule has 0 aliphatic carbocycles. The van der Waals surface area contributed by atoms with Crippen LogP contribution in [0.15, 0.2) is 0 Å². The van der Waals surface area contributed by atoms with Crippen LogP contribution in [0.1, 0.15) is 33.6 Å². The summed E-state index contributed by atoms with van der Waals surface area (Å²) in [6.07, 6.45) is 1.62. The third kappa shape index (κ3) is 4.08. The van der Waals surface area contributed by atoms with Gasteiger partial charge >= 0.3 is 6.09 Å².